The first-order chi connectivity index (χ1) is 6.42. The van der Waals surface area contributed by atoms with E-state index in [1.165, 1.54) is 5.39 Å². The molecule has 3 heteroatoms. The summed E-state index contributed by atoms with van der Waals surface area (Å²) in [7, 11) is 0. The van der Waals surface area contributed by atoms with Gasteiger partial charge in [0, 0.05) is 22.5 Å². The molecule has 2 nitrogen and oxygen atoms in total. The molecule has 0 fully saturated rings. The van der Waals surface area contributed by atoms with Crippen molar-refractivity contribution in [2.24, 2.45) is 0 Å². The molecule has 0 aliphatic carbocycles. The fourth-order valence-corrected chi connectivity index (χ4v) is 1.74. The van der Waals surface area contributed by atoms with Crippen molar-refractivity contribution in [3.8, 4) is 0 Å². The molecule has 0 saturated heterocycles. The van der Waals surface area contributed by atoms with E-state index in [0.717, 1.165) is 22.8 Å². The fourth-order valence-electron chi connectivity index (χ4n) is 1.36. The maximum atomic E-state index is 4.12. The van der Waals surface area contributed by atoms with Gasteiger partial charge in [0.15, 0.2) is 0 Å². The van der Waals surface area contributed by atoms with E-state index >= 15 is 0 Å². The van der Waals surface area contributed by atoms with Crippen LogP contribution in [-0.4, -0.2) is 15.5 Å². The molecule has 0 radical (unpaired) electrons. The van der Waals surface area contributed by atoms with Gasteiger partial charge in [0.1, 0.15) is 0 Å². The second-order valence-electron chi connectivity index (χ2n) is 2.82. The van der Waals surface area contributed by atoms with Gasteiger partial charge in [-0.1, -0.05) is 40.2 Å². The van der Waals surface area contributed by atoms with Crippen LogP contribution in [0.5, 0.6) is 0 Å². The highest BCUT2D eigenvalue weighted by Crippen LogP contribution is 2.15. The molecule has 0 unspecified atom stereocenters. The first-order valence-electron chi connectivity index (χ1n) is 4.17. The molecule has 13 heavy (non-hydrogen) atoms. The lowest BCUT2D eigenvalue weighted by atomic mass is 10.1. The quantitative estimate of drug-likeness (QED) is 0.750. The average Bonchev–Trinajstić information content (AvgIpc) is 2.19. The summed E-state index contributed by atoms with van der Waals surface area (Å²) >= 11 is 3.40. The van der Waals surface area contributed by atoms with E-state index < -0.39 is 0 Å². The van der Waals surface area contributed by atoms with Gasteiger partial charge in [0.25, 0.3) is 0 Å². The highest BCUT2D eigenvalue weighted by atomic mass is 79.9. The van der Waals surface area contributed by atoms with Crippen molar-refractivity contribution in [2.45, 2.75) is 6.42 Å². The summed E-state index contributed by atoms with van der Waals surface area (Å²) in [6.45, 7) is 0. The number of rotatable bonds is 2. The molecule has 0 bridgehead atoms. The number of aryl methyl sites for hydroxylation is 1. The van der Waals surface area contributed by atoms with Gasteiger partial charge in [-0.25, -0.2) is 0 Å². The van der Waals surface area contributed by atoms with Gasteiger partial charge < -0.3 is 0 Å². The SMILES string of the molecule is BrCCc1nncc2ccccc12. The lowest BCUT2D eigenvalue weighted by Crippen LogP contribution is -1.94. The van der Waals surface area contributed by atoms with Gasteiger partial charge in [-0.2, -0.15) is 10.2 Å². The van der Waals surface area contributed by atoms with Crippen LogP contribution in [0, 0.1) is 0 Å². The van der Waals surface area contributed by atoms with Crippen LogP contribution >= 0.6 is 15.9 Å². The first kappa shape index (κ1) is 8.63. The van der Waals surface area contributed by atoms with Crippen LogP contribution in [0.1, 0.15) is 5.69 Å². The zero-order valence-corrected chi connectivity index (χ0v) is 8.66. The topological polar surface area (TPSA) is 25.8 Å². The van der Waals surface area contributed by atoms with Gasteiger partial charge >= 0.3 is 0 Å². The summed E-state index contributed by atoms with van der Waals surface area (Å²) in [4.78, 5) is 0. The van der Waals surface area contributed by atoms with Crippen molar-refractivity contribution >= 4 is 26.7 Å². The minimum Gasteiger partial charge on any atom is -0.158 e. The predicted molar refractivity (Wildman–Crippen MR) is 57.0 cm³/mol. The zero-order valence-electron chi connectivity index (χ0n) is 7.07. The maximum Gasteiger partial charge on any atom is 0.0717 e. The monoisotopic (exact) mass is 236 g/mol. The average molecular weight is 237 g/mol. The number of hydrogen-bond acceptors (Lipinski definition) is 2. The minimum absolute atomic E-state index is 0.925. The number of benzene rings is 1. The second-order valence-corrected chi connectivity index (χ2v) is 3.61. The normalized spacial score (nSPS) is 10.5. The van der Waals surface area contributed by atoms with Gasteiger partial charge in [0.2, 0.25) is 0 Å². The molecule has 0 aliphatic rings. The van der Waals surface area contributed by atoms with E-state index in [1.807, 2.05) is 12.1 Å². The number of halogens is 1. The van der Waals surface area contributed by atoms with E-state index in [9.17, 15) is 0 Å². The summed E-state index contributed by atoms with van der Waals surface area (Å²) in [5, 5.41) is 11.4. The third kappa shape index (κ3) is 1.70. The van der Waals surface area contributed by atoms with Crippen LogP contribution < -0.4 is 0 Å². The highest BCUT2D eigenvalue weighted by molar-refractivity contribution is 9.09. The summed E-state index contributed by atoms with van der Waals surface area (Å²) < 4.78 is 0. The fraction of sp³-hybridized carbons (Fsp3) is 0.200. The van der Waals surface area contributed by atoms with Crippen LogP contribution in [-0.2, 0) is 6.42 Å². The van der Waals surface area contributed by atoms with Gasteiger partial charge in [-0.3, -0.25) is 0 Å². The van der Waals surface area contributed by atoms with Crippen molar-refractivity contribution in [1.82, 2.24) is 10.2 Å². The van der Waals surface area contributed by atoms with Gasteiger partial charge in [0.05, 0.1) is 11.9 Å². The van der Waals surface area contributed by atoms with Gasteiger partial charge in [-0.15, -0.1) is 0 Å². The van der Waals surface area contributed by atoms with Crippen LogP contribution in [0.25, 0.3) is 10.8 Å². The summed E-state index contributed by atoms with van der Waals surface area (Å²) in [5.74, 6) is 0. The summed E-state index contributed by atoms with van der Waals surface area (Å²) in [6.07, 6.45) is 2.72. The molecule has 1 aromatic carbocycles. The van der Waals surface area contributed by atoms with E-state index in [2.05, 4.69) is 38.3 Å². The Balaban J connectivity index is 2.61. The Morgan fingerprint density at radius 1 is 1.23 bits per heavy atom. The van der Waals surface area contributed by atoms with E-state index in [1.54, 1.807) is 6.20 Å². The Morgan fingerprint density at radius 2 is 2.08 bits per heavy atom. The highest BCUT2D eigenvalue weighted by Gasteiger charge is 2.00. The molecule has 1 aromatic heterocycles. The Morgan fingerprint density at radius 3 is 2.92 bits per heavy atom. The molecular weight excluding hydrogens is 228 g/mol. The lowest BCUT2D eigenvalue weighted by Gasteiger charge is -2.01. The third-order valence-electron chi connectivity index (χ3n) is 1.98. The van der Waals surface area contributed by atoms with Crippen molar-refractivity contribution in [3.05, 3.63) is 36.2 Å². The number of hydrogen-bond donors (Lipinski definition) is 0. The zero-order chi connectivity index (χ0) is 9.10. The minimum atomic E-state index is 0.925. The maximum absolute atomic E-state index is 4.12. The van der Waals surface area contributed by atoms with E-state index in [0.29, 0.717) is 0 Å². The number of alkyl halides is 1. The number of fused-ring (bicyclic) bond motifs is 1. The molecule has 2 rings (SSSR count). The molecule has 66 valence electrons. The smallest absolute Gasteiger partial charge is 0.0717 e. The van der Waals surface area contributed by atoms with Gasteiger partial charge in [-0.05, 0) is 0 Å². The Bertz CT molecular complexity index is 409. The Labute approximate surface area is 85.1 Å². The molecule has 0 spiro atoms. The predicted octanol–water partition coefficient (Wildman–Crippen LogP) is 2.57. The van der Waals surface area contributed by atoms with Crippen molar-refractivity contribution in [3.63, 3.8) is 0 Å². The number of nitrogens with zero attached hydrogens (tertiary/aromatic N) is 2. The van der Waals surface area contributed by atoms with Crippen molar-refractivity contribution < 1.29 is 0 Å². The molecule has 2 aromatic rings. The van der Waals surface area contributed by atoms with Crippen LogP contribution in [0.2, 0.25) is 0 Å². The third-order valence-corrected chi connectivity index (χ3v) is 2.37. The molecule has 0 N–H and O–H groups in total. The molecule has 1 heterocycles. The molecule has 0 amide bonds. The molecule has 0 aliphatic heterocycles. The molecular formula is C10H9BrN2. The number of aromatic nitrogens is 2. The van der Waals surface area contributed by atoms with Crippen LogP contribution in [0.15, 0.2) is 30.5 Å². The summed E-state index contributed by atoms with van der Waals surface area (Å²) in [5.41, 5.74) is 1.06. The molecule has 0 atom stereocenters. The van der Waals surface area contributed by atoms with Crippen molar-refractivity contribution in [2.75, 3.05) is 5.33 Å². The van der Waals surface area contributed by atoms with Crippen LogP contribution in [0.4, 0.5) is 0 Å². The van der Waals surface area contributed by atoms with E-state index in [4.69, 9.17) is 0 Å². The summed E-state index contributed by atoms with van der Waals surface area (Å²) in [6, 6.07) is 8.19. The van der Waals surface area contributed by atoms with E-state index in [-0.39, 0.29) is 0 Å². The lowest BCUT2D eigenvalue weighted by molar-refractivity contribution is 0.948. The second kappa shape index (κ2) is 3.83. The van der Waals surface area contributed by atoms with Crippen molar-refractivity contribution in [1.29, 1.82) is 0 Å². The Hall–Kier alpha value is -0.960. The standard InChI is InChI=1S/C10H9BrN2/c11-6-5-10-9-4-2-1-3-8(9)7-12-13-10/h1-4,7H,5-6H2. The first-order valence-corrected chi connectivity index (χ1v) is 5.29. The van der Waals surface area contributed by atoms with Crippen LogP contribution in [0.3, 0.4) is 0 Å². The Kier molecular flexibility index (Phi) is 2.54. The molecule has 0 saturated carbocycles. The largest absolute Gasteiger partial charge is 0.158 e.